The van der Waals surface area contributed by atoms with Gasteiger partial charge in [0, 0.05) is 12.8 Å². The number of hydrogen-bond acceptors (Lipinski definition) is 5. The minimum Gasteiger partial charge on any atom is -0.466 e. The number of carbonyl (C=O) groups excluding carboxylic acids is 2. The van der Waals surface area contributed by atoms with Gasteiger partial charge in [-0.25, -0.2) is 0 Å². The number of rotatable bonds is 53. The number of nitrogens with one attached hydrogen (secondary N) is 1. The van der Waals surface area contributed by atoms with Crippen molar-refractivity contribution in [2.75, 3.05) is 13.2 Å². The second-order valence-electron chi connectivity index (χ2n) is 19.6. The van der Waals surface area contributed by atoms with Crippen molar-refractivity contribution in [3.05, 3.63) is 12.2 Å². The fourth-order valence-electron chi connectivity index (χ4n) is 8.93. The zero-order valence-corrected chi connectivity index (χ0v) is 42.6. The SMILES string of the molecule is CCCCCCCCCCCCCCCCCC(=O)OCCCCCCCCCCC/C=C\CCCCCCCCCC(=O)NC(CO)C(O)CCCCCCCCCCCCC. The zero-order chi connectivity index (χ0) is 45.8. The third kappa shape index (κ3) is 49.9. The van der Waals surface area contributed by atoms with Crippen LogP contribution in [0.2, 0.25) is 0 Å². The second kappa shape index (κ2) is 53.2. The molecule has 6 nitrogen and oxygen atoms in total. The topological polar surface area (TPSA) is 95.9 Å². The van der Waals surface area contributed by atoms with Gasteiger partial charge < -0.3 is 20.3 Å². The summed E-state index contributed by atoms with van der Waals surface area (Å²) in [7, 11) is 0. The van der Waals surface area contributed by atoms with E-state index in [-0.39, 0.29) is 18.5 Å². The highest BCUT2D eigenvalue weighted by Crippen LogP contribution is 2.17. The molecule has 0 aliphatic rings. The molecule has 0 saturated heterocycles. The lowest BCUT2D eigenvalue weighted by Gasteiger charge is -2.22. The average molecular weight is 891 g/mol. The molecule has 0 aromatic rings. The molecule has 0 heterocycles. The number of ether oxygens (including phenoxy) is 1. The lowest BCUT2D eigenvalue weighted by Crippen LogP contribution is -2.45. The largest absolute Gasteiger partial charge is 0.466 e. The van der Waals surface area contributed by atoms with Crippen molar-refractivity contribution in [2.45, 2.75) is 328 Å². The summed E-state index contributed by atoms with van der Waals surface area (Å²) < 4.78 is 5.48. The third-order valence-electron chi connectivity index (χ3n) is 13.3. The zero-order valence-electron chi connectivity index (χ0n) is 42.6. The Balaban J connectivity index is 3.40. The first-order valence-corrected chi connectivity index (χ1v) is 28.4. The molecule has 2 atom stereocenters. The van der Waals surface area contributed by atoms with Crippen LogP contribution in [0.15, 0.2) is 12.2 Å². The molecule has 0 saturated carbocycles. The lowest BCUT2D eigenvalue weighted by atomic mass is 10.0. The van der Waals surface area contributed by atoms with E-state index in [1.165, 1.54) is 244 Å². The summed E-state index contributed by atoms with van der Waals surface area (Å²) in [6.45, 7) is 4.95. The summed E-state index contributed by atoms with van der Waals surface area (Å²) in [5.41, 5.74) is 0. The fraction of sp³-hybridized carbons (Fsp3) is 0.930. The molecule has 6 heteroatoms. The van der Waals surface area contributed by atoms with Gasteiger partial charge in [0.1, 0.15) is 0 Å². The van der Waals surface area contributed by atoms with E-state index < -0.39 is 12.1 Å². The van der Waals surface area contributed by atoms with E-state index in [2.05, 4.69) is 31.3 Å². The molecule has 0 aromatic carbocycles. The molecule has 0 radical (unpaired) electrons. The Morgan fingerprint density at radius 2 is 0.746 bits per heavy atom. The van der Waals surface area contributed by atoms with Crippen molar-refractivity contribution < 1.29 is 24.5 Å². The number of allylic oxidation sites excluding steroid dienone is 2. The maximum Gasteiger partial charge on any atom is 0.305 e. The van der Waals surface area contributed by atoms with Crippen LogP contribution < -0.4 is 5.32 Å². The Morgan fingerprint density at radius 3 is 1.13 bits per heavy atom. The Bertz CT molecular complexity index is 939. The van der Waals surface area contributed by atoms with Gasteiger partial charge in [-0.3, -0.25) is 9.59 Å². The van der Waals surface area contributed by atoms with Gasteiger partial charge in [0.05, 0.1) is 25.4 Å². The van der Waals surface area contributed by atoms with Crippen LogP contribution in [0.25, 0.3) is 0 Å². The van der Waals surface area contributed by atoms with Crippen molar-refractivity contribution in [3.8, 4) is 0 Å². The van der Waals surface area contributed by atoms with E-state index in [4.69, 9.17) is 4.74 Å². The molecule has 0 aromatic heterocycles. The molecule has 1 amide bonds. The van der Waals surface area contributed by atoms with E-state index >= 15 is 0 Å². The van der Waals surface area contributed by atoms with Crippen LogP contribution in [0.3, 0.4) is 0 Å². The first-order chi connectivity index (χ1) is 31.0. The summed E-state index contributed by atoms with van der Waals surface area (Å²) in [5.74, 6) is -0.0343. The maximum atomic E-state index is 12.4. The van der Waals surface area contributed by atoms with Crippen LogP contribution in [0.4, 0.5) is 0 Å². The van der Waals surface area contributed by atoms with Gasteiger partial charge in [-0.2, -0.15) is 0 Å². The molecule has 0 aliphatic heterocycles. The van der Waals surface area contributed by atoms with Crippen LogP contribution in [0, 0.1) is 0 Å². The number of esters is 1. The van der Waals surface area contributed by atoms with E-state index in [0.717, 1.165) is 38.5 Å². The number of aliphatic hydroxyl groups excluding tert-OH is 2. The quantitative estimate of drug-likeness (QED) is 0.0321. The summed E-state index contributed by atoms with van der Waals surface area (Å²) in [6.07, 6.45) is 62.0. The van der Waals surface area contributed by atoms with Crippen LogP contribution >= 0.6 is 0 Å². The van der Waals surface area contributed by atoms with Crippen LogP contribution in [-0.4, -0.2) is 47.4 Å². The van der Waals surface area contributed by atoms with Crippen molar-refractivity contribution in [3.63, 3.8) is 0 Å². The summed E-state index contributed by atoms with van der Waals surface area (Å²) in [5, 5.41) is 23.2. The van der Waals surface area contributed by atoms with E-state index in [9.17, 15) is 19.8 Å². The van der Waals surface area contributed by atoms with Gasteiger partial charge in [-0.1, -0.05) is 264 Å². The Labute approximate surface area is 393 Å². The lowest BCUT2D eigenvalue weighted by molar-refractivity contribution is -0.143. The normalized spacial score (nSPS) is 12.6. The minimum absolute atomic E-state index is 0.00939. The Hall–Kier alpha value is -1.40. The molecule has 374 valence electrons. The standard InChI is InChI=1S/C57H111NO5/c1-3-5-7-9-11-13-15-16-23-27-31-35-39-43-47-51-57(62)63-52-48-44-40-36-32-28-25-22-20-18-17-19-21-24-26-30-34-38-42-46-50-56(61)58-54(53-59)55(60)49-45-41-37-33-29-14-12-10-8-6-4-2/h17,19,54-55,59-60H,3-16,18,20-53H2,1-2H3,(H,58,61)/b19-17-. The molecule has 63 heavy (non-hydrogen) atoms. The summed E-state index contributed by atoms with van der Waals surface area (Å²) in [4.78, 5) is 24.5. The minimum atomic E-state index is -0.667. The van der Waals surface area contributed by atoms with Crippen LogP contribution in [-0.2, 0) is 14.3 Å². The number of amides is 1. The molecule has 2 unspecified atom stereocenters. The van der Waals surface area contributed by atoms with Crippen molar-refractivity contribution in [1.29, 1.82) is 0 Å². The molecular formula is C57H111NO5. The monoisotopic (exact) mass is 890 g/mol. The van der Waals surface area contributed by atoms with Gasteiger partial charge in [0.2, 0.25) is 5.91 Å². The highest BCUT2D eigenvalue weighted by Gasteiger charge is 2.20. The predicted octanol–water partition coefficient (Wildman–Crippen LogP) is 17.3. The van der Waals surface area contributed by atoms with Crippen LogP contribution in [0.1, 0.15) is 316 Å². The van der Waals surface area contributed by atoms with Gasteiger partial charge in [0.25, 0.3) is 0 Å². The van der Waals surface area contributed by atoms with Gasteiger partial charge >= 0.3 is 5.97 Å². The van der Waals surface area contributed by atoms with Crippen molar-refractivity contribution in [2.24, 2.45) is 0 Å². The molecule has 0 bridgehead atoms. The molecule has 0 spiro atoms. The molecule has 3 N–H and O–H groups in total. The number of aliphatic hydroxyl groups is 2. The molecule has 0 rings (SSSR count). The highest BCUT2D eigenvalue weighted by molar-refractivity contribution is 5.76. The van der Waals surface area contributed by atoms with E-state index in [1.54, 1.807) is 0 Å². The first kappa shape index (κ1) is 61.6. The number of unbranched alkanes of at least 4 members (excludes halogenated alkanes) is 40. The summed E-state index contributed by atoms with van der Waals surface area (Å²) in [6, 6.07) is -0.545. The summed E-state index contributed by atoms with van der Waals surface area (Å²) >= 11 is 0. The highest BCUT2D eigenvalue weighted by atomic mass is 16.5. The third-order valence-corrected chi connectivity index (χ3v) is 13.3. The fourth-order valence-corrected chi connectivity index (χ4v) is 8.93. The van der Waals surface area contributed by atoms with Crippen LogP contribution in [0.5, 0.6) is 0 Å². The van der Waals surface area contributed by atoms with Gasteiger partial charge in [0.15, 0.2) is 0 Å². The molecule has 0 aliphatic carbocycles. The first-order valence-electron chi connectivity index (χ1n) is 28.4. The second-order valence-corrected chi connectivity index (χ2v) is 19.6. The van der Waals surface area contributed by atoms with Gasteiger partial charge in [-0.05, 0) is 51.4 Å². The Kier molecular flexibility index (Phi) is 52.0. The number of carbonyl (C=O) groups is 2. The molecular weight excluding hydrogens is 779 g/mol. The van der Waals surface area contributed by atoms with E-state index in [1.807, 2.05) is 0 Å². The van der Waals surface area contributed by atoms with Crippen molar-refractivity contribution >= 4 is 11.9 Å². The van der Waals surface area contributed by atoms with Gasteiger partial charge in [-0.15, -0.1) is 0 Å². The predicted molar refractivity (Wildman–Crippen MR) is 273 cm³/mol. The van der Waals surface area contributed by atoms with E-state index in [0.29, 0.717) is 25.9 Å². The Morgan fingerprint density at radius 1 is 0.429 bits per heavy atom. The average Bonchev–Trinajstić information content (AvgIpc) is 3.28. The smallest absolute Gasteiger partial charge is 0.305 e. The number of hydrogen-bond donors (Lipinski definition) is 3. The van der Waals surface area contributed by atoms with Crippen molar-refractivity contribution in [1.82, 2.24) is 5.32 Å². The molecule has 0 fully saturated rings. The maximum absolute atomic E-state index is 12.4.